The van der Waals surface area contributed by atoms with Gasteiger partial charge in [-0.3, -0.25) is 9.79 Å². The highest BCUT2D eigenvalue weighted by Gasteiger charge is 2.11. The molecule has 1 aromatic carbocycles. The molecule has 1 heterocycles. The van der Waals surface area contributed by atoms with Gasteiger partial charge in [0.05, 0.1) is 19.0 Å². The number of fused-ring (bicyclic) bond motifs is 1. The van der Waals surface area contributed by atoms with Gasteiger partial charge < -0.3 is 4.74 Å². The Morgan fingerprint density at radius 3 is 3.08 bits per heavy atom. The minimum absolute atomic E-state index is 0.0534. The number of ketones is 1. The second kappa shape index (κ2) is 3.01. The van der Waals surface area contributed by atoms with Crippen molar-refractivity contribution >= 4 is 17.7 Å². The molecule has 0 N–H and O–H groups in total. The van der Waals surface area contributed by atoms with E-state index >= 15 is 0 Å². The van der Waals surface area contributed by atoms with Gasteiger partial charge in [0.1, 0.15) is 5.75 Å². The Bertz CT molecular complexity index is 383. The van der Waals surface area contributed by atoms with Crippen molar-refractivity contribution in [1.29, 1.82) is 0 Å². The van der Waals surface area contributed by atoms with Crippen molar-refractivity contribution < 1.29 is 9.53 Å². The van der Waals surface area contributed by atoms with E-state index in [4.69, 9.17) is 4.74 Å². The number of rotatable bonds is 1. The third-order valence-corrected chi connectivity index (χ3v) is 2.00. The Hall–Kier alpha value is -1.64. The van der Waals surface area contributed by atoms with Gasteiger partial charge in [-0.05, 0) is 11.6 Å². The number of nitrogens with zero attached hydrogens (tertiary/aromatic N) is 1. The summed E-state index contributed by atoms with van der Waals surface area (Å²) in [4.78, 5) is 15.0. The predicted molar refractivity (Wildman–Crippen MR) is 49.9 cm³/mol. The summed E-state index contributed by atoms with van der Waals surface area (Å²) in [6.45, 7) is 0. The average Bonchev–Trinajstić information content (AvgIpc) is 2.17. The molecule has 0 radical (unpaired) electrons. The second-order valence-corrected chi connectivity index (χ2v) is 2.90. The zero-order valence-corrected chi connectivity index (χ0v) is 7.28. The number of methoxy groups -OCH3 is 1. The highest BCUT2D eigenvalue weighted by molar-refractivity contribution is 6.29. The monoisotopic (exact) mass is 175 g/mol. The molecule has 0 aliphatic carbocycles. The largest absolute Gasteiger partial charge is 0.497 e. The molecule has 0 amide bonds. The summed E-state index contributed by atoms with van der Waals surface area (Å²) in [5, 5.41) is 0. The van der Waals surface area contributed by atoms with E-state index in [1.54, 1.807) is 7.11 Å². The molecule has 2 rings (SSSR count). The Morgan fingerprint density at radius 1 is 1.46 bits per heavy atom. The number of ether oxygens (including phenoxy) is 1. The number of carbonyl (C=O) groups excluding carboxylic acids is 1. The molecule has 0 fully saturated rings. The first-order valence-corrected chi connectivity index (χ1v) is 4.03. The van der Waals surface area contributed by atoms with Gasteiger partial charge in [0.2, 0.25) is 0 Å². The van der Waals surface area contributed by atoms with Crippen LogP contribution in [0.2, 0.25) is 0 Å². The summed E-state index contributed by atoms with van der Waals surface area (Å²) in [6.07, 6.45) is 1.81. The highest BCUT2D eigenvalue weighted by atomic mass is 16.5. The number of hydrogen-bond donors (Lipinski definition) is 0. The molecule has 66 valence electrons. The SMILES string of the molecule is COc1ccc2c(c1)N=CC(=O)C2. The van der Waals surface area contributed by atoms with Crippen molar-refractivity contribution in [2.75, 3.05) is 7.11 Å². The lowest BCUT2D eigenvalue weighted by Crippen LogP contribution is -2.07. The van der Waals surface area contributed by atoms with Gasteiger partial charge in [-0.25, -0.2) is 0 Å². The van der Waals surface area contributed by atoms with E-state index in [1.165, 1.54) is 6.21 Å². The minimum atomic E-state index is 0.0534. The Kier molecular flexibility index (Phi) is 1.85. The van der Waals surface area contributed by atoms with Crippen LogP contribution in [0.5, 0.6) is 5.75 Å². The maximum Gasteiger partial charge on any atom is 0.178 e. The quantitative estimate of drug-likeness (QED) is 0.649. The van der Waals surface area contributed by atoms with Gasteiger partial charge in [0, 0.05) is 12.5 Å². The van der Waals surface area contributed by atoms with Crippen LogP contribution in [0, 0.1) is 0 Å². The third-order valence-electron chi connectivity index (χ3n) is 2.00. The number of hydrogen-bond acceptors (Lipinski definition) is 3. The molecule has 1 aliphatic rings. The van der Waals surface area contributed by atoms with Crippen molar-refractivity contribution in [3.05, 3.63) is 23.8 Å². The van der Waals surface area contributed by atoms with E-state index in [0.29, 0.717) is 6.42 Å². The molecular weight excluding hydrogens is 166 g/mol. The molecule has 3 nitrogen and oxygen atoms in total. The smallest absolute Gasteiger partial charge is 0.178 e. The maximum absolute atomic E-state index is 11.0. The van der Waals surface area contributed by atoms with E-state index in [-0.39, 0.29) is 5.78 Å². The van der Waals surface area contributed by atoms with E-state index in [9.17, 15) is 4.79 Å². The van der Waals surface area contributed by atoms with E-state index in [1.807, 2.05) is 18.2 Å². The standard InChI is InChI=1S/C10H9NO2/c1-13-9-3-2-7-4-8(12)6-11-10(7)5-9/h2-3,5-6H,4H2,1H3. The van der Waals surface area contributed by atoms with Gasteiger partial charge in [0.25, 0.3) is 0 Å². The minimum Gasteiger partial charge on any atom is -0.497 e. The first kappa shape index (κ1) is 7.98. The molecule has 0 spiro atoms. The molecule has 13 heavy (non-hydrogen) atoms. The van der Waals surface area contributed by atoms with Crippen molar-refractivity contribution in [3.63, 3.8) is 0 Å². The number of Topliss-reactive ketones (excluding diaryl/α,β-unsaturated/α-hetero) is 1. The first-order chi connectivity index (χ1) is 6.29. The van der Waals surface area contributed by atoms with Crippen LogP contribution in [0.4, 0.5) is 5.69 Å². The number of aliphatic imine (C=N–C) groups is 1. The average molecular weight is 175 g/mol. The molecule has 0 unspecified atom stereocenters. The van der Waals surface area contributed by atoms with Crippen molar-refractivity contribution in [3.8, 4) is 5.75 Å². The summed E-state index contributed by atoms with van der Waals surface area (Å²) in [5.41, 5.74) is 1.80. The third kappa shape index (κ3) is 1.45. The van der Waals surface area contributed by atoms with Crippen molar-refractivity contribution in [1.82, 2.24) is 0 Å². The van der Waals surface area contributed by atoms with Crippen LogP contribution >= 0.6 is 0 Å². The molecule has 1 aromatic rings. The molecule has 1 aliphatic heterocycles. The van der Waals surface area contributed by atoms with Gasteiger partial charge >= 0.3 is 0 Å². The van der Waals surface area contributed by atoms with Gasteiger partial charge in [0.15, 0.2) is 5.78 Å². The van der Waals surface area contributed by atoms with Crippen LogP contribution in [-0.2, 0) is 11.2 Å². The first-order valence-electron chi connectivity index (χ1n) is 4.03. The van der Waals surface area contributed by atoms with Crippen LogP contribution in [0.15, 0.2) is 23.2 Å². The van der Waals surface area contributed by atoms with Gasteiger partial charge in [-0.15, -0.1) is 0 Å². The van der Waals surface area contributed by atoms with Crippen LogP contribution < -0.4 is 4.74 Å². The summed E-state index contributed by atoms with van der Waals surface area (Å²) in [5.74, 6) is 0.822. The molecule has 3 heteroatoms. The number of benzene rings is 1. The summed E-state index contributed by atoms with van der Waals surface area (Å²) in [7, 11) is 1.61. The lowest BCUT2D eigenvalue weighted by Gasteiger charge is -2.09. The number of carbonyl (C=O) groups is 1. The summed E-state index contributed by atoms with van der Waals surface area (Å²) in [6, 6.07) is 5.55. The fraction of sp³-hybridized carbons (Fsp3) is 0.200. The van der Waals surface area contributed by atoms with E-state index < -0.39 is 0 Å². The van der Waals surface area contributed by atoms with Crippen LogP contribution in [-0.4, -0.2) is 19.1 Å². The molecular formula is C10H9NO2. The van der Waals surface area contributed by atoms with E-state index in [2.05, 4.69) is 4.99 Å². The summed E-state index contributed by atoms with van der Waals surface area (Å²) >= 11 is 0. The second-order valence-electron chi connectivity index (χ2n) is 2.90. The predicted octanol–water partition coefficient (Wildman–Crippen LogP) is 1.52. The molecule has 0 saturated heterocycles. The highest BCUT2D eigenvalue weighted by Crippen LogP contribution is 2.27. The normalized spacial score (nSPS) is 14.1. The Labute approximate surface area is 76.1 Å². The van der Waals surface area contributed by atoms with Gasteiger partial charge in [-0.1, -0.05) is 6.07 Å². The summed E-state index contributed by atoms with van der Waals surface area (Å²) < 4.78 is 5.05. The zero-order chi connectivity index (χ0) is 9.26. The Balaban J connectivity index is 2.45. The van der Waals surface area contributed by atoms with E-state index in [0.717, 1.165) is 17.0 Å². The molecule has 0 bridgehead atoms. The topological polar surface area (TPSA) is 38.7 Å². The fourth-order valence-electron chi connectivity index (χ4n) is 1.32. The molecule has 0 saturated carbocycles. The van der Waals surface area contributed by atoms with Gasteiger partial charge in [-0.2, -0.15) is 0 Å². The molecule has 0 aromatic heterocycles. The lowest BCUT2D eigenvalue weighted by atomic mass is 10.0. The van der Waals surface area contributed by atoms with Crippen molar-refractivity contribution in [2.45, 2.75) is 6.42 Å². The van der Waals surface area contributed by atoms with Crippen LogP contribution in [0.3, 0.4) is 0 Å². The van der Waals surface area contributed by atoms with Crippen molar-refractivity contribution in [2.24, 2.45) is 4.99 Å². The Morgan fingerprint density at radius 2 is 2.31 bits per heavy atom. The fourth-order valence-corrected chi connectivity index (χ4v) is 1.32. The maximum atomic E-state index is 11.0. The van der Waals surface area contributed by atoms with Crippen LogP contribution in [0.25, 0.3) is 0 Å². The zero-order valence-electron chi connectivity index (χ0n) is 7.28. The molecule has 0 atom stereocenters. The lowest BCUT2D eigenvalue weighted by molar-refractivity contribution is -0.112. The van der Waals surface area contributed by atoms with Crippen LogP contribution in [0.1, 0.15) is 5.56 Å².